The van der Waals surface area contributed by atoms with Crippen LogP contribution in [-0.4, -0.2) is 142 Å². The average Bonchev–Trinajstić information content (AvgIpc) is 3.30. The molecular formula is C51H88O14. The van der Waals surface area contributed by atoms with E-state index in [4.69, 9.17) is 28.4 Å². The average molecular weight is 925 g/mol. The predicted molar refractivity (Wildman–Crippen MR) is 252 cm³/mol. The third kappa shape index (κ3) is 26.7. The minimum Gasteiger partial charge on any atom is -0.457 e. The molecule has 14 heteroatoms. The van der Waals surface area contributed by atoms with Gasteiger partial charge >= 0.3 is 5.97 Å². The molecule has 14 nitrogen and oxygen atoms in total. The van der Waals surface area contributed by atoms with Crippen LogP contribution in [0.5, 0.6) is 0 Å². The van der Waals surface area contributed by atoms with Gasteiger partial charge in [0.1, 0.15) is 54.9 Å². The molecule has 376 valence electrons. The first-order valence-corrected chi connectivity index (χ1v) is 24.9. The van der Waals surface area contributed by atoms with E-state index in [0.29, 0.717) is 13.0 Å². The van der Waals surface area contributed by atoms with E-state index in [1.165, 1.54) is 51.4 Å². The smallest absolute Gasteiger partial charge is 0.306 e. The molecule has 2 fully saturated rings. The third-order valence-electron chi connectivity index (χ3n) is 11.5. The van der Waals surface area contributed by atoms with Gasteiger partial charge in [-0.3, -0.25) is 4.79 Å². The Balaban J connectivity index is 1.66. The van der Waals surface area contributed by atoms with Crippen LogP contribution in [0.25, 0.3) is 0 Å². The zero-order valence-electron chi connectivity index (χ0n) is 39.7. The summed E-state index contributed by atoms with van der Waals surface area (Å²) in [6, 6.07) is 0. The van der Waals surface area contributed by atoms with Crippen molar-refractivity contribution in [1.29, 1.82) is 0 Å². The molecule has 0 aromatic carbocycles. The van der Waals surface area contributed by atoms with Crippen molar-refractivity contribution in [2.75, 3.05) is 33.0 Å². The number of carbonyl (C=O) groups excluding carboxylic acids is 1. The predicted octanol–water partition coefficient (Wildman–Crippen LogP) is 6.96. The highest BCUT2D eigenvalue weighted by molar-refractivity contribution is 5.69. The molecule has 2 aliphatic rings. The Kier molecular flexibility index (Phi) is 35.0. The minimum atomic E-state index is -1.71. The normalized spacial score (nSPS) is 27.0. The van der Waals surface area contributed by atoms with Crippen molar-refractivity contribution in [2.45, 2.75) is 223 Å². The molecule has 65 heavy (non-hydrogen) atoms. The summed E-state index contributed by atoms with van der Waals surface area (Å²) in [6.07, 6.45) is 28.9. The summed E-state index contributed by atoms with van der Waals surface area (Å²) in [7, 11) is 0. The summed E-state index contributed by atoms with van der Waals surface area (Å²) in [5, 5.41) is 71.8. The van der Waals surface area contributed by atoms with Gasteiger partial charge in [-0.25, -0.2) is 0 Å². The van der Waals surface area contributed by atoms with Crippen LogP contribution in [0.1, 0.15) is 155 Å². The fourth-order valence-electron chi connectivity index (χ4n) is 7.49. The number of aliphatic hydroxyl groups excluding tert-OH is 7. The molecule has 2 aliphatic heterocycles. The first kappa shape index (κ1) is 58.8. The van der Waals surface area contributed by atoms with Crippen molar-refractivity contribution in [2.24, 2.45) is 0 Å². The van der Waals surface area contributed by atoms with Gasteiger partial charge in [0.25, 0.3) is 0 Å². The van der Waals surface area contributed by atoms with Gasteiger partial charge in [0.15, 0.2) is 12.6 Å². The van der Waals surface area contributed by atoms with Crippen LogP contribution < -0.4 is 0 Å². The van der Waals surface area contributed by atoms with E-state index in [1.807, 2.05) is 0 Å². The first-order chi connectivity index (χ1) is 31.6. The molecule has 0 aromatic heterocycles. The summed E-state index contributed by atoms with van der Waals surface area (Å²) < 4.78 is 34.0. The molecule has 0 aromatic rings. The standard InChI is InChI=1S/C51H88O14/c1-3-5-7-9-11-12-13-14-15-16-17-18-19-20-21-22-23-24-25-26-27-28-29-30-32-34-43(53)63-40(37-60-35-33-31-10-8-6-4-2)38-61-50-49(59)47(57)45(55)42(65-50)39-62-51-48(58)46(56)44(54)41(36-52)64-51/h5,7,11-12,14-15,17-18,20-21,40-42,44-52,54-59H,3-4,6,8-10,13,16,19,22-39H2,1-2H3/b7-5-,12-11-,15-14-,18-17-,21-20-. The lowest BCUT2D eigenvalue weighted by molar-refractivity contribution is -0.332. The number of hydrogen-bond donors (Lipinski definition) is 7. The van der Waals surface area contributed by atoms with Gasteiger partial charge in [-0.05, 0) is 57.8 Å². The number of allylic oxidation sites excluding steroid dienone is 10. The summed E-state index contributed by atoms with van der Waals surface area (Å²) in [6.45, 7) is 3.49. The van der Waals surface area contributed by atoms with Crippen LogP contribution in [0.2, 0.25) is 0 Å². The monoisotopic (exact) mass is 925 g/mol. The highest BCUT2D eigenvalue weighted by atomic mass is 16.7. The fourth-order valence-corrected chi connectivity index (χ4v) is 7.49. The molecule has 0 aliphatic carbocycles. The van der Waals surface area contributed by atoms with Crippen LogP contribution in [-0.2, 0) is 33.2 Å². The van der Waals surface area contributed by atoms with Gasteiger partial charge in [0, 0.05) is 13.0 Å². The molecule has 0 saturated carbocycles. The molecule has 2 saturated heterocycles. The molecule has 0 amide bonds. The number of hydrogen-bond acceptors (Lipinski definition) is 14. The van der Waals surface area contributed by atoms with Crippen molar-refractivity contribution >= 4 is 5.97 Å². The summed E-state index contributed by atoms with van der Waals surface area (Å²) in [4.78, 5) is 12.9. The molecule has 0 bridgehead atoms. The van der Waals surface area contributed by atoms with E-state index in [1.54, 1.807) is 0 Å². The summed E-state index contributed by atoms with van der Waals surface area (Å²) in [5.41, 5.74) is 0. The van der Waals surface area contributed by atoms with Crippen LogP contribution in [0.3, 0.4) is 0 Å². The van der Waals surface area contributed by atoms with Gasteiger partial charge in [-0.2, -0.15) is 0 Å². The first-order valence-electron chi connectivity index (χ1n) is 24.9. The van der Waals surface area contributed by atoms with Crippen LogP contribution >= 0.6 is 0 Å². The van der Waals surface area contributed by atoms with Gasteiger partial charge in [0.05, 0.1) is 26.4 Å². The number of esters is 1. The van der Waals surface area contributed by atoms with E-state index >= 15 is 0 Å². The quantitative estimate of drug-likeness (QED) is 0.0190. The highest BCUT2D eigenvalue weighted by Crippen LogP contribution is 2.26. The van der Waals surface area contributed by atoms with E-state index in [-0.39, 0.29) is 25.6 Å². The Morgan fingerprint density at radius 1 is 0.523 bits per heavy atom. The van der Waals surface area contributed by atoms with Crippen molar-refractivity contribution in [3.8, 4) is 0 Å². The molecule has 7 N–H and O–H groups in total. The number of rotatable bonds is 38. The number of unbranched alkanes of at least 4 members (excludes halogenated alkanes) is 14. The third-order valence-corrected chi connectivity index (χ3v) is 11.5. The van der Waals surface area contributed by atoms with Crippen molar-refractivity contribution in [3.05, 3.63) is 60.8 Å². The lowest BCUT2D eigenvalue weighted by Crippen LogP contribution is -2.61. The SMILES string of the molecule is CC/C=C\C/C=C\C/C=C\C/C=C\C/C=C\CCCCCCCCCCCC(=O)OC(COCCCCCCCC)COC1OC(COC2OC(CO)C(O)C(O)C2O)C(O)C(O)C1O. The number of ether oxygens (including phenoxy) is 6. The second-order valence-electron chi connectivity index (χ2n) is 17.3. The maximum absolute atomic E-state index is 12.9. The maximum Gasteiger partial charge on any atom is 0.306 e. The molecule has 0 spiro atoms. The Hall–Kier alpha value is -2.31. The van der Waals surface area contributed by atoms with Crippen molar-refractivity contribution < 1.29 is 69.0 Å². The molecule has 0 radical (unpaired) electrons. The van der Waals surface area contributed by atoms with Crippen LogP contribution in [0, 0.1) is 0 Å². The molecule has 11 atom stereocenters. The Bertz CT molecular complexity index is 1300. The summed E-state index contributed by atoms with van der Waals surface area (Å²) in [5.74, 6) is -0.388. The van der Waals surface area contributed by atoms with Crippen LogP contribution in [0.15, 0.2) is 60.8 Å². The second-order valence-corrected chi connectivity index (χ2v) is 17.3. The second kappa shape index (κ2) is 38.6. The van der Waals surface area contributed by atoms with Crippen molar-refractivity contribution in [3.63, 3.8) is 0 Å². The lowest BCUT2D eigenvalue weighted by Gasteiger charge is -2.42. The van der Waals surface area contributed by atoms with Gasteiger partial charge in [-0.1, -0.05) is 152 Å². The molecule has 2 heterocycles. The minimum absolute atomic E-state index is 0.0562. The zero-order valence-corrected chi connectivity index (χ0v) is 39.7. The zero-order chi connectivity index (χ0) is 47.3. The number of carbonyl (C=O) groups is 1. The maximum atomic E-state index is 12.9. The molecule has 11 unspecified atom stereocenters. The van der Waals surface area contributed by atoms with E-state index in [0.717, 1.165) is 77.0 Å². The Labute approximate surface area is 390 Å². The van der Waals surface area contributed by atoms with E-state index in [2.05, 4.69) is 74.6 Å². The highest BCUT2D eigenvalue weighted by Gasteiger charge is 2.47. The van der Waals surface area contributed by atoms with E-state index < -0.39 is 80.7 Å². The Morgan fingerprint density at radius 2 is 1.00 bits per heavy atom. The largest absolute Gasteiger partial charge is 0.457 e. The lowest BCUT2D eigenvalue weighted by atomic mass is 9.98. The summed E-state index contributed by atoms with van der Waals surface area (Å²) >= 11 is 0. The van der Waals surface area contributed by atoms with Gasteiger partial charge < -0.3 is 64.2 Å². The molecule has 2 rings (SSSR count). The van der Waals surface area contributed by atoms with Gasteiger partial charge in [0.2, 0.25) is 0 Å². The number of aliphatic hydroxyl groups is 7. The van der Waals surface area contributed by atoms with Crippen LogP contribution in [0.4, 0.5) is 0 Å². The Morgan fingerprint density at radius 3 is 1.57 bits per heavy atom. The fraction of sp³-hybridized carbons (Fsp3) is 0.784. The van der Waals surface area contributed by atoms with Gasteiger partial charge in [-0.15, -0.1) is 0 Å². The van der Waals surface area contributed by atoms with Crippen molar-refractivity contribution in [1.82, 2.24) is 0 Å². The van der Waals surface area contributed by atoms with E-state index in [9.17, 15) is 40.5 Å². The molecular weight excluding hydrogens is 837 g/mol. The topological polar surface area (TPSA) is 214 Å².